The normalized spacial score (nSPS) is 21.4. The lowest BCUT2D eigenvalue weighted by atomic mass is 9.69. The SMILES string of the molecule is COC1(c2ccccc2)C=C(c2ccccc2)C(C)(NS(=O)(=O)c2ccc(C)cc2)C(c2ccccc2)=C1. The van der Waals surface area contributed by atoms with Gasteiger partial charge in [0, 0.05) is 7.11 Å². The van der Waals surface area contributed by atoms with E-state index in [0.29, 0.717) is 0 Å². The highest BCUT2D eigenvalue weighted by Crippen LogP contribution is 2.49. The first kappa shape index (κ1) is 25.9. The first-order valence-corrected chi connectivity index (χ1v) is 14.0. The Bertz CT molecular complexity index is 1520. The van der Waals surface area contributed by atoms with Gasteiger partial charge in [0.1, 0.15) is 5.60 Å². The van der Waals surface area contributed by atoms with Crippen molar-refractivity contribution in [1.29, 1.82) is 0 Å². The Balaban J connectivity index is 1.79. The van der Waals surface area contributed by atoms with E-state index in [1.54, 1.807) is 19.2 Å². The fourth-order valence-electron chi connectivity index (χ4n) is 5.14. The summed E-state index contributed by atoms with van der Waals surface area (Å²) in [5, 5.41) is 0. The van der Waals surface area contributed by atoms with Gasteiger partial charge in [0.05, 0.1) is 10.4 Å². The second-order valence-electron chi connectivity index (χ2n) is 9.75. The van der Waals surface area contributed by atoms with Crippen molar-refractivity contribution in [3.8, 4) is 0 Å². The molecule has 192 valence electrons. The van der Waals surface area contributed by atoms with Crippen LogP contribution in [-0.2, 0) is 20.4 Å². The van der Waals surface area contributed by atoms with Crippen LogP contribution in [-0.4, -0.2) is 21.1 Å². The van der Waals surface area contributed by atoms with E-state index in [0.717, 1.165) is 33.4 Å². The van der Waals surface area contributed by atoms with E-state index in [-0.39, 0.29) is 4.90 Å². The summed E-state index contributed by atoms with van der Waals surface area (Å²) < 4.78 is 37.1. The molecule has 0 saturated heterocycles. The van der Waals surface area contributed by atoms with E-state index in [2.05, 4.69) is 4.72 Å². The van der Waals surface area contributed by atoms with Crippen LogP contribution >= 0.6 is 0 Å². The number of benzene rings is 4. The number of aryl methyl sites for hydroxylation is 1. The summed E-state index contributed by atoms with van der Waals surface area (Å²) >= 11 is 0. The molecule has 0 bridgehead atoms. The Hall–Kier alpha value is -3.77. The molecule has 4 aromatic carbocycles. The molecule has 0 atom stereocenters. The summed E-state index contributed by atoms with van der Waals surface area (Å²) in [7, 11) is -2.21. The molecular formula is C33H31NO3S. The van der Waals surface area contributed by atoms with E-state index in [1.807, 2.05) is 129 Å². The van der Waals surface area contributed by atoms with Gasteiger partial charge in [-0.15, -0.1) is 0 Å². The Kier molecular flexibility index (Phi) is 6.93. The van der Waals surface area contributed by atoms with Crippen LogP contribution in [0.1, 0.15) is 29.2 Å². The quantitative estimate of drug-likeness (QED) is 0.293. The molecule has 5 heteroatoms. The average molecular weight is 522 g/mol. The monoisotopic (exact) mass is 521 g/mol. The summed E-state index contributed by atoms with van der Waals surface area (Å²) in [5.41, 5.74) is 3.35. The standard InChI is InChI=1S/C33H31NO3S/c1-25-19-21-29(22-20-25)38(35,36)34-32(2)30(26-13-7-4-8-14-26)23-33(37-3,28-17-11-6-12-18-28)24-31(32)27-15-9-5-10-16-27/h4-24,34H,1-3H3. The molecule has 0 spiro atoms. The van der Waals surface area contributed by atoms with Crippen LogP contribution in [0.15, 0.2) is 132 Å². The summed E-state index contributed by atoms with van der Waals surface area (Å²) in [4.78, 5) is 0.218. The van der Waals surface area contributed by atoms with Crippen molar-refractivity contribution in [2.24, 2.45) is 0 Å². The third-order valence-electron chi connectivity index (χ3n) is 7.20. The molecule has 38 heavy (non-hydrogen) atoms. The molecule has 0 aromatic heterocycles. The predicted molar refractivity (Wildman–Crippen MR) is 154 cm³/mol. The number of ether oxygens (including phenoxy) is 1. The molecule has 4 aromatic rings. The van der Waals surface area contributed by atoms with Gasteiger partial charge in [-0.2, -0.15) is 4.72 Å². The van der Waals surface area contributed by atoms with Crippen LogP contribution in [0.25, 0.3) is 11.1 Å². The molecule has 0 amide bonds. The van der Waals surface area contributed by atoms with Gasteiger partial charge in [0.2, 0.25) is 10.0 Å². The summed E-state index contributed by atoms with van der Waals surface area (Å²) in [6.07, 6.45) is 4.09. The van der Waals surface area contributed by atoms with E-state index >= 15 is 0 Å². The Morgan fingerprint density at radius 3 is 1.55 bits per heavy atom. The molecule has 5 rings (SSSR count). The summed E-state index contributed by atoms with van der Waals surface area (Å²) in [6, 6.07) is 36.7. The van der Waals surface area contributed by atoms with Crippen molar-refractivity contribution < 1.29 is 13.2 Å². The first-order valence-electron chi connectivity index (χ1n) is 12.6. The number of hydrogen-bond acceptors (Lipinski definition) is 3. The second kappa shape index (κ2) is 10.2. The van der Waals surface area contributed by atoms with Crippen molar-refractivity contribution in [2.45, 2.75) is 29.9 Å². The third kappa shape index (κ3) is 4.76. The van der Waals surface area contributed by atoms with Crippen molar-refractivity contribution in [3.63, 3.8) is 0 Å². The molecule has 0 aliphatic heterocycles. The van der Waals surface area contributed by atoms with Crippen molar-refractivity contribution >= 4 is 21.2 Å². The summed E-state index contributed by atoms with van der Waals surface area (Å²) in [5.74, 6) is 0. The zero-order valence-corrected chi connectivity index (χ0v) is 22.6. The van der Waals surface area contributed by atoms with E-state index in [4.69, 9.17) is 4.74 Å². The molecule has 0 fully saturated rings. The van der Waals surface area contributed by atoms with Gasteiger partial charge in [-0.3, -0.25) is 0 Å². The highest BCUT2D eigenvalue weighted by atomic mass is 32.2. The Morgan fingerprint density at radius 1 is 0.658 bits per heavy atom. The average Bonchev–Trinajstić information content (AvgIpc) is 2.94. The van der Waals surface area contributed by atoms with Crippen LogP contribution in [0.3, 0.4) is 0 Å². The highest BCUT2D eigenvalue weighted by Gasteiger charge is 2.46. The maximum atomic E-state index is 13.9. The molecule has 1 aliphatic rings. The molecule has 0 radical (unpaired) electrons. The number of methoxy groups -OCH3 is 1. The zero-order valence-electron chi connectivity index (χ0n) is 21.8. The van der Waals surface area contributed by atoms with Gasteiger partial charge in [0.25, 0.3) is 0 Å². The lowest BCUT2D eigenvalue weighted by Gasteiger charge is -2.44. The minimum atomic E-state index is -3.90. The number of nitrogens with one attached hydrogen (secondary N) is 1. The fraction of sp³-hybridized carbons (Fsp3) is 0.152. The van der Waals surface area contributed by atoms with E-state index < -0.39 is 21.2 Å². The predicted octanol–water partition coefficient (Wildman–Crippen LogP) is 6.75. The lowest BCUT2D eigenvalue weighted by molar-refractivity contribution is 0.0715. The Morgan fingerprint density at radius 2 is 1.11 bits per heavy atom. The minimum absolute atomic E-state index is 0.218. The molecule has 1 aliphatic carbocycles. The highest BCUT2D eigenvalue weighted by molar-refractivity contribution is 7.89. The van der Waals surface area contributed by atoms with Crippen molar-refractivity contribution in [2.75, 3.05) is 7.11 Å². The second-order valence-corrected chi connectivity index (χ2v) is 11.4. The van der Waals surface area contributed by atoms with E-state index in [9.17, 15) is 8.42 Å². The van der Waals surface area contributed by atoms with Gasteiger partial charge < -0.3 is 4.74 Å². The Labute approximate surface area is 225 Å². The smallest absolute Gasteiger partial charge is 0.241 e. The summed E-state index contributed by atoms with van der Waals surface area (Å²) in [6.45, 7) is 3.87. The zero-order chi connectivity index (χ0) is 26.8. The molecular weight excluding hydrogens is 490 g/mol. The van der Waals surface area contributed by atoms with Crippen molar-refractivity contribution in [3.05, 3.63) is 150 Å². The van der Waals surface area contributed by atoms with Crippen molar-refractivity contribution in [1.82, 2.24) is 4.72 Å². The molecule has 1 N–H and O–H groups in total. The molecule has 4 nitrogen and oxygen atoms in total. The minimum Gasteiger partial charge on any atom is -0.365 e. The maximum absolute atomic E-state index is 13.9. The largest absolute Gasteiger partial charge is 0.365 e. The van der Waals surface area contributed by atoms with Crippen LogP contribution in [0.4, 0.5) is 0 Å². The van der Waals surface area contributed by atoms with Crippen LogP contribution in [0.2, 0.25) is 0 Å². The number of sulfonamides is 1. The molecule has 0 saturated carbocycles. The van der Waals surface area contributed by atoms with Crippen LogP contribution < -0.4 is 4.72 Å². The van der Waals surface area contributed by atoms with Gasteiger partial charge in [-0.1, -0.05) is 109 Å². The lowest BCUT2D eigenvalue weighted by Crippen LogP contribution is -2.50. The molecule has 0 heterocycles. The van der Waals surface area contributed by atoms with Crippen LogP contribution in [0.5, 0.6) is 0 Å². The van der Waals surface area contributed by atoms with Gasteiger partial charge in [-0.05, 0) is 66.0 Å². The number of rotatable bonds is 7. The van der Waals surface area contributed by atoms with E-state index in [1.165, 1.54) is 0 Å². The first-order chi connectivity index (χ1) is 18.3. The third-order valence-corrected chi connectivity index (χ3v) is 8.77. The van der Waals surface area contributed by atoms with Gasteiger partial charge >= 0.3 is 0 Å². The maximum Gasteiger partial charge on any atom is 0.241 e. The topological polar surface area (TPSA) is 55.4 Å². The fourth-order valence-corrected chi connectivity index (χ4v) is 6.51. The molecule has 0 unspecified atom stereocenters. The van der Waals surface area contributed by atoms with Gasteiger partial charge in [0.15, 0.2) is 0 Å². The number of hydrogen-bond donors (Lipinski definition) is 1. The van der Waals surface area contributed by atoms with Gasteiger partial charge in [-0.25, -0.2) is 8.42 Å². The van der Waals surface area contributed by atoms with Crippen LogP contribution in [0, 0.1) is 6.92 Å².